The lowest BCUT2D eigenvalue weighted by molar-refractivity contribution is -0.122. The Morgan fingerprint density at radius 2 is 1.90 bits per heavy atom. The Hall–Kier alpha value is -3.13. The van der Waals surface area contributed by atoms with Gasteiger partial charge >= 0.3 is 0 Å². The molecule has 0 radical (unpaired) electrons. The lowest BCUT2D eigenvalue weighted by Gasteiger charge is -2.29. The van der Waals surface area contributed by atoms with E-state index in [9.17, 15) is 9.59 Å². The lowest BCUT2D eigenvalue weighted by atomic mass is 10.2. The first-order valence-corrected chi connectivity index (χ1v) is 10.9. The van der Waals surface area contributed by atoms with Crippen molar-refractivity contribution in [2.75, 3.05) is 22.5 Å². The van der Waals surface area contributed by atoms with E-state index >= 15 is 0 Å². The zero-order valence-electron chi connectivity index (χ0n) is 16.5. The Balaban J connectivity index is 1.25. The van der Waals surface area contributed by atoms with Crippen LogP contribution in [0.1, 0.15) is 18.4 Å². The molecule has 0 atom stereocenters. The van der Waals surface area contributed by atoms with Crippen LogP contribution in [0.5, 0.6) is 0 Å². The molecule has 1 N–H and O–H groups in total. The van der Waals surface area contributed by atoms with Crippen molar-refractivity contribution in [2.24, 2.45) is 0 Å². The van der Waals surface area contributed by atoms with Crippen LogP contribution in [-0.4, -0.2) is 38.9 Å². The molecular weight excluding hydrogens is 398 g/mol. The van der Waals surface area contributed by atoms with Crippen molar-refractivity contribution in [1.29, 1.82) is 0 Å². The molecule has 0 saturated heterocycles. The van der Waals surface area contributed by atoms with E-state index in [2.05, 4.69) is 15.4 Å². The molecule has 1 aliphatic heterocycles. The molecule has 0 bridgehead atoms. The summed E-state index contributed by atoms with van der Waals surface area (Å²) in [6.45, 7) is 1.38. The number of fused-ring (bicyclic) bond motifs is 1. The molecule has 2 amide bonds. The average molecular weight is 422 g/mol. The number of amides is 2. The Labute approximate surface area is 179 Å². The zero-order chi connectivity index (χ0) is 20.8. The molecule has 3 aromatic rings. The van der Waals surface area contributed by atoms with Crippen LogP contribution in [0.3, 0.4) is 0 Å². The minimum Gasteiger partial charge on any atom is -0.310 e. The van der Waals surface area contributed by atoms with E-state index in [-0.39, 0.29) is 24.7 Å². The Morgan fingerprint density at radius 3 is 2.77 bits per heavy atom. The minimum absolute atomic E-state index is 0.0271. The van der Waals surface area contributed by atoms with Gasteiger partial charge in [0.1, 0.15) is 0 Å². The van der Waals surface area contributed by atoms with Crippen molar-refractivity contribution in [3.05, 3.63) is 66.6 Å². The smallest absolute Gasteiger partial charge is 0.227 e. The van der Waals surface area contributed by atoms with E-state index in [1.165, 1.54) is 5.56 Å². The third-order valence-electron chi connectivity index (χ3n) is 4.88. The summed E-state index contributed by atoms with van der Waals surface area (Å²) in [6, 6.07) is 13.6. The quantitative estimate of drug-likeness (QED) is 0.633. The van der Waals surface area contributed by atoms with Crippen LogP contribution in [0.25, 0.3) is 0 Å². The Bertz CT molecular complexity index is 1020. The van der Waals surface area contributed by atoms with Crippen LogP contribution in [0.15, 0.2) is 66.0 Å². The monoisotopic (exact) mass is 421 g/mol. The maximum Gasteiger partial charge on any atom is 0.227 e. The predicted octanol–water partition coefficient (Wildman–Crippen LogP) is 3.38. The van der Waals surface area contributed by atoms with Gasteiger partial charge in [0.2, 0.25) is 11.8 Å². The summed E-state index contributed by atoms with van der Waals surface area (Å²) in [4.78, 5) is 31.9. The van der Waals surface area contributed by atoms with E-state index in [1.54, 1.807) is 39.8 Å². The van der Waals surface area contributed by atoms with Crippen LogP contribution >= 0.6 is 11.8 Å². The van der Waals surface area contributed by atoms with Crippen LogP contribution in [-0.2, 0) is 22.6 Å². The summed E-state index contributed by atoms with van der Waals surface area (Å²) in [5, 5.41) is 7.17. The molecule has 0 fully saturated rings. The van der Waals surface area contributed by atoms with Crippen LogP contribution in [0, 0.1) is 0 Å². The average Bonchev–Trinajstić information content (AvgIpc) is 3.23. The molecule has 7 nitrogen and oxygen atoms in total. The molecule has 0 aliphatic carbocycles. The van der Waals surface area contributed by atoms with Crippen LogP contribution < -0.4 is 10.2 Å². The number of aryl methyl sites for hydroxylation is 2. The fourth-order valence-corrected chi connectivity index (χ4v) is 4.33. The first kappa shape index (κ1) is 20.2. The number of carbonyl (C=O) groups is 2. The number of thioether (sulfide) groups is 1. The number of hydrogen-bond donors (Lipinski definition) is 1. The first-order valence-electron chi connectivity index (χ1n) is 9.93. The number of hydrogen-bond acceptors (Lipinski definition) is 5. The van der Waals surface area contributed by atoms with Gasteiger partial charge in [-0.25, -0.2) is 0 Å². The van der Waals surface area contributed by atoms with E-state index < -0.39 is 0 Å². The molecule has 1 aromatic carbocycles. The predicted molar refractivity (Wildman–Crippen MR) is 118 cm³/mol. The van der Waals surface area contributed by atoms with Gasteiger partial charge in [0.15, 0.2) is 5.82 Å². The highest BCUT2D eigenvalue weighted by Gasteiger charge is 2.23. The van der Waals surface area contributed by atoms with Crippen molar-refractivity contribution in [3.8, 4) is 0 Å². The number of anilines is 2. The van der Waals surface area contributed by atoms with E-state index in [0.717, 1.165) is 22.8 Å². The van der Waals surface area contributed by atoms with Gasteiger partial charge in [0.05, 0.1) is 5.69 Å². The maximum atomic E-state index is 12.7. The number of carbonyl (C=O) groups excluding carboxylic acids is 2. The molecule has 1 aliphatic rings. The third kappa shape index (κ3) is 5.07. The molecule has 0 spiro atoms. The fourth-order valence-electron chi connectivity index (χ4n) is 3.34. The standard InChI is InChI=1S/C22H23N5O2S/c28-21(5-6-22(29)27-15-16-30-19-4-2-1-3-18(19)27)24-20-10-14-26(25-20)13-9-17-7-11-23-12-8-17/h1-4,7-8,10-12,14H,5-6,9,13,15-16H2,(H,24,25,28). The second-order valence-electron chi connectivity index (χ2n) is 6.98. The summed E-state index contributed by atoms with van der Waals surface area (Å²) in [7, 11) is 0. The molecular formula is C22H23N5O2S. The van der Waals surface area contributed by atoms with E-state index in [0.29, 0.717) is 18.9 Å². The summed E-state index contributed by atoms with van der Waals surface area (Å²) >= 11 is 1.75. The van der Waals surface area contributed by atoms with Crippen molar-refractivity contribution >= 4 is 35.1 Å². The summed E-state index contributed by atoms with van der Waals surface area (Å²) in [5.41, 5.74) is 2.12. The molecule has 30 heavy (non-hydrogen) atoms. The second kappa shape index (κ2) is 9.58. The SMILES string of the molecule is O=C(CCC(=O)N1CCSc2ccccc21)Nc1ccn(CCc2ccncc2)n1. The normalized spacial score (nSPS) is 13.0. The highest BCUT2D eigenvalue weighted by Crippen LogP contribution is 2.34. The summed E-state index contributed by atoms with van der Waals surface area (Å²) < 4.78 is 1.80. The van der Waals surface area contributed by atoms with Gasteiger partial charge in [-0.1, -0.05) is 12.1 Å². The zero-order valence-corrected chi connectivity index (χ0v) is 17.3. The third-order valence-corrected chi connectivity index (χ3v) is 5.93. The van der Waals surface area contributed by atoms with Gasteiger partial charge < -0.3 is 10.2 Å². The Kier molecular flexibility index (Phi) is 6.44. The van der Waals surface area contributed by atoms with Crippen molar-refractivity contribution in [3.63, 3.8) is 0 Å². The molecule has 2 aromatic heterocycles. The second-order valence-corrected chi connectivity index (χ2v) is 8.12. The number of aromatic nitrogens is 3. The minimum atomic E-state index is -0.206. The topological polar surface area (TPSA) is 80.1 Å². The number of nitrogens with one attached hydrogen (secondary N) is 1. The van der Waals surface area contributed by atoms with E-state index in [4.69, 9.17) is 0 Å². The van der Waals surface area contributed by atoms with Gasteiger partial charge in [-0.2, -0.15) is 5.10 Å². The number of nitrogens with zero attached hydrogens (tertiary/aromatic N) is 4. The molecule has 8 heteroatoms. The Morgan fingerprint density at radius 1 is 1.07 bits per heavy atom. The molecule has 0 saturated carbocycles. The van der Waals surface area contributed by atoms with Crippen molar-refractivity contribution in [1.82, 2.24) is 14.8 Å². The summed E-state index contributed by atoms with van der Waals surface area (Å²) in [6.07, 6.45) is 6.52. The number of benzene rings is 1. The maximum absolute atomic E-state index is 12.7. The highest BCUT2D eigenvalue weighted by atomic mass is 32.2. The first-order chi connectivity index (χ1) is 14.7. The van der Waals surface area contributed by atoms with Crippen molar-refractivity contribution in [2.45, 2.75) is 30.7 Å². The molecule has 4 rings (SSSR count). The van der Waals surface area contributed by atoms with Crippen molar-refractivity contribution < 1.29 is 9.59 Å². The number of pyridine rings is 1. The molecule has 154 valence electrons. The highest BCUT2D eigenvalue weighted by molar-refractivity contribution is 7.99. The lowest BCUT2D eigenvalue weighted by Crippen LogP contribution is -2.35. The fraction of sp³-hybridized carbons (Fsp3) is 0.273. The van der Waals surface area contributed by atoms with Gasteiger partial charge in [-0.05, 0) is 36.2 Å². The van der Waals surface area contributed by atoms with Gasteiger partial charge in [0, 0.05) is 61.2 Å². The molecule has 0 unspecified atom stereocenters. The van der Waals surface area contributed by atoms with Crippen LogP contribution in [0.2, 0.25) is 0 Å². The number of para-hydroxylation sites is 1. The largest absolute Gasteiger partial charge is 0.310 e. The number of rotatable bonds is 7. The van der Waals surface area contributed by atoms with E-state index in [1.807, 2.05) is 42.6 Å². The molecule has 3 heterocycles. The van der Waals surface area contributed by atoms with Gasteiger partial charge in [-0.15, -0.1) is 11.8 Å². The van der Waals surface area contributed by atoms with Crippen LogP contribution in [0.4, 0.5) is 11.5 Å². The van der Waals surface area contributed by atoms with Gasteiger partial charge in [0.25, 0.3) is 0 Å². The van der Waals surface area contributed by atoms with Gasteiger partial charge in [-0.3, -0.25) is 19.3 Å². The summed E-state index contributed by atoms with van der Waals surface area (Å²) in [5.74, 6) is 1.14.